The molecule has 1 aliphatic rings. The van der Waals surface area contributed by atoms with Gasteiger partial charge in [-0.25, -0.2) is 9.00 Å². The van der Waals surface area contributed by atoms with Crippen LogP contribution in [0.15, 0.2) is 33.5 Å². The highest BCUT2D eigenvalue weighted by Crippen LogP contribution is 2.36. The Kier molecular flexibility index (Phi) is 3.77. The SMILES string of the molecule is CC(C)(C)OC(=O)N=S(=O)(c1ccc(N)cc1)C1CC1. The maximum Gasteiger partial charge on any atom is 0.442 e. The molecule has 5 nitrogen and oxygen atoms in total. The summed E-state index contributed by atoms with van der Waals surface area (Å²) in [4.78, 5) is 12.4. The van der Waals surface area contributed by atoms with Crippen LogP contribution in [-0.2, 0) is 14.5 Å². The van der Waals surface area contributed by atoms with Crippen LogP contribution in [0.25, 0.3) is 0 Å². The van der Waals surface area contributed by atoms with E-state index in [0.717, 1.165) is 12.8 Å². The first kappa shape index (κ1) is 14.8. The predicted octanol–water partition coefficient (Wildman–Crippen LogP) is 3.19. The van der Waals surface area contributed by atoms with Gasteiger partial charge in [-0.1, -0.05) is 0 Å². The van der Waals surface area contributed by atoms with Gasteiger partial charge in [-0.05, 0) is 57.9 Å². The van der Waals surface area contributed by atoms with E-state index in [1.54, 1.807) is 45.0 Å². The van der Waals surface area contributed by atoms with Crippen LogP contribution in [0.5, 0.6) is 0 Å². The maximum absolute atomic E-state index is 13.0. The van der Waals surface area contributed by atoms with Gasteiger partial charge in [-0.15, -0.1) is 4.36 Å². The van der Waals surface area contributed by atoms with Gasteiger partial charge in [0, 0.05) is 15.8 Å². The summed E-state index contributed by atoms with van der Waals surface area (Å²) in [7, 11) is -2.77. The van der Waals surface area contributed by atoms with Crippen molar-refractivity contribution < 1.29 is 13.7 Å². The topological polar surface area (TPSA) is 81.8 Å². The van der Waals surface area contributed by atoms with Gasteiger partial charge in [0.1, 0.15) is 5.60 Å². The molecule has 0 spiro atoms. The van der Waals surface area contributed by atoms with Gasteiger partial charge in [0.2, 0.25) is 0 Å². The standard InChI is InChI=1S/C14H20N2O3S/c1-14(2,3)19-13(17)16-20(18,12-8-9-12)11-6-4-10(15)5-7-11/h4-7,12H,8-9,15H2,1-3H3. The molecule has 0 aliphatic heterocycles. The van der Waals surface area contributed by atoms with Gasteiger partial charge in [0.05, 0.1) is 9.73 Å². The Bertz CT molecular complexity index is 619. The molecule has 1 aliphatic carbocycles. The third-order valence-electron chi connectivity index (χ3n) is 2.80. The molecule has 0 bridgehead atoms. The summed E-state index contributed by atoms with van der Waals surface area (Å²) >= 11 is 0. The van der Waals surface area contributed by atoms with Gasteiger partial charge in [0.15, 0.2) is 0 Å². The highest BCUT2D eigenvalue weighted by atomic mass is 32.2. The first-order valence-electron chi connectivity index (χ1n) is 6.55. The van der Waals surface area contributed by atoms with E-state index in [2.05, 4.69) is 4.36 Å². The van der Waals surface area contributed by atoms with Crippen LogP contribution < -0.4 is 5.73 Å². The molecule has 0 heterocycles. The zero-order valence-electron chi connectivity index (χ0n) is 12.0. The number of nitrogens with two attached hydrogens (primary N) is 1. The predicted molar refractivity (Wildman–Crippen MR) is 78.9 cm³/mol. The first-order valence-corrected chi connectivity index (χ1v) is 8.13. The van der Waals surface area contributed by atoms with Crippen molar-refractivity contribution in [3.05, 3.63) is 24.3 Å². The van der Waals surface area contributed by atoms with Crippen LogP contribution in [0.4, 0.5) is 10.5 Å². The van der Waals surface area contributed by atoms with Crippen LogP contribution >= 0.6 is 0 Å². The van der Waals surface area contributed by atoms with Crippen LogP contribution in [0, 0.1) is 0 Å². The number of ether oxygens (including phenoxy) is 1. The third kappa shape index (κ3) is 3.50. The molecule has 6 heteroatoms. The number of hydrogen-bond donors (Lipinski definition) is 1. The van der Waals surface area contributed by atoms with Crippen molar-refractivity contribution in [1.82, 2.24) is 0 Å². The van der Waals surface area contributed by atoms with Crippen molar-refractivity contribution in [2.24, 2.45) is 4.36 Å². The number of nitrogen functional groups attached to an aromatic ring is 1. The molecule has 0 radical (unpaired) electrons. The normalized spacial score (nSPS) is 18.1. The highest BCUT2D eigenvalue weighted by molar-refractivity contribution is 7.94. The molecule has 0 aromatic heterocycles. The molecule has 1 saturated carbocycles. The molecule has 110 valence electrons. The Hall–Kier alpha value is -1.56. The third-order valence-corrected chi connectivity index (χ3v) is 5.54. The molecule has 1 amide bonds. The van der Waals surface area contributed by atoms with E-state index in [4.69, 9.17) is 10.5 Å². The lowest BCUT2D eigenvalue weighted by Gasteiger charge is -2.18. The zero-order valence-corrected chi connectivity index (χ0v) is 12.8. The van der Waals surface area contributed by atoms with E-state index in [0.29, 0.717) is 10.6 Å². The molecule has 1 unspecified atom stereocenters. The fraction of sp³-hybridized carbons (Fsp3) is 0.500. The summed E-state index contributed by atoms with van der Waals surface area (Å²) in [6.45, 7) is 5.26. The van der Waals surface area contributed by atoms with Crippen LogP contribution in [0.2, 0.25) is 0 Å². The number of carbonyl (C=O) groups is 1. The summed E-state index contributed by atoms with van der Waals surface area (Å²) in [5.74, 6) is 0. The second-order valence-electron chi connectivity index (χ2n) is 5.91. The average Bonchev–Trinajstić information content (AvgIpc) is 3.10. The van der Waals surface area contributed by atoms with E-state index in [-0.39, 0.29) is 5.25 Å². The monoisotopic (exact) mass is 296 g/mol. The summed E-state index contributed by atoms with van der Waals surface area (Å²) in [6.07, 6.45) is 0.858. The summed E-state index contributed by atoms with van der Waals surface area (Å²) in [5.41, 5.74) is 5.57. The number of amides is 1. The number of nitrogens with zero attached hydrogens (tertiary/aromatic N) is 1. The van der Waals surface area contributed by atoms with Crippen molar-refractivity contribution in [3.63, 3.8) is 0 Å². The zero-order chi connectivity index (χ0) is 15.0. The van der Waals surface area contributed by atoms with E-state index in [9.17, 15) is 9.00 Å². The maximum atomic E-state index is 13.0. The fourth-order valence-corrected chi connectivity index (χ4v) is 3.96. The van der Waals surface area contributed by atoms with E-state index >= 15 is 0 Å². The Morgan fingerprint density at radius 2 is 1.85 bits per heavy atom. The van der Waals surface area contributed by atoms with Crippen molar-refractivity contribution in [2.75, 3.05) is 5.73 Å². The lowest BCUT2D eigenvalue weighted by atomic mass is 10.2. The molecule has 1 aromatic rings. The average molecular weight is 296 g/mol. The van der Waals surface area contributed by atoms with E-state index < -0.39 is 21.4 Å². The fourth-order valence-electron chi connectivity index (χ4n) is 1.76. The minimum atomic E-state index is -2.77. The van der Waals surface area contributed by atoms with Crippen LogP contribution in [0.1, 0.15) is 33.6 Å². The van der Waals surface area contributed by atoms with E-state index in [1.165, 1.54) is 0 Å². The molecule has 2 N–H and O–H groups in total. The molecule has 1 aromatic carbocycles. The Labute approximate surface area is 119 Å². The second kappa shape index (κ2) is 5.09. The number of anilines is 1. The van der Waals surface area contributed by atoms with Gasteiger partial charge >= 0.3 is 6.09 Å². The molecule has 20 heavy (non-hydrogen) atoms. The largest absolute Gasteiger partial charge is 0.442 e. The van der Waals surface area contributed by atoms with Crippen LogP contribution in [-0.4, -0.2) is 21.2 Å². The van der Waals surface area contributed by atoms with E-state index in [1.807, 2.05) is 0 Å². The molecule has 0 saturated heterocycles. The van der Waals surface area contributed by atoms with Crippen molar-refractivity contribution in [1.29, 1.82) is 0 Å². The Morgan fingerprint density at radius 1 is 1.30 bits per heavy atom. The number of rotatable bonds is 2. The van der Waals surface area contributed by atoms with Gasteiger partial charge in [-0.3, -0.25) is 0 Å². The summed E-state index contributed by atoms with van der Waals surface area (Å²) in [5, 5.41) is -0.0707. The number of carbonyl (C=O) groups excluding carboxylic acids is 1. The summed E-state index contributed by atoms with van der Waals surface area (Å²) in [6, 6.07) is 6.68. The molecular weight excluding hydrogens is 276 g/mol. The van der Waals surface area contributed by atoms with Crippen molar-refractivity contribution in [2.45, 2.75) is 49.4 Å². The van der Waals surface area contributed by atoms with Gasteiger partial charge < -0.3 is 10.5 Å². The minimum Gasteiger partial charge on any atom is -0.442 e. The molecule has 1 atom stereocenters. The highest BCUT2D eigenvalue weighted by Gasteiger charge is 2.36. The summed E-state index contributed by atoms with van der Waals surface area (Å²) < 4.78 is 22.1. The lowest BCUT2D eigenvalue weighted by molar-refractivity contribution is 0.0607. The lowest BCUT2D eigenvalue weighted by Crippen LogP contribution is -2.23. The Balaban J connectivity index is 2.37. The number of benzene rings is 1. The molecule has 1 fully saturated rings. The minimum absolute atomic E-state index is 0.0707. The van der Waals surface area contributed by atoms with Crippen molar-refractivity contribution >= 4 is 21.5 Å². The van der Waals surface area contributed by atoms with Gasteiger partial charge in [-0.2, -0.15) is 0 Å². The van der Waals surface area contributed by atoms with Crippen molar-refractivity contribution in [3.8, 4) is 0 Å². The second-order valence-corrected chi connectivity index (χ2v) is 8.37. The van der Waals surface area contributed by atoms with Crippen LogP contribution in [0.3, 0.4) is 0 Å². The Morgan fingerprint density at radius 3 is 2.30 bits per heavy atom. The van der Waals surface area contributed by atoms with Gasteiger partial charge in [0.25, 0.3) is 0 Å². The quantitative estimate of drug-likeness (QED) is 0.850. The first-order chi connectivity index (χ1) is 9.21. The smallest absolute Gasteiger partial charge is 0.442 e. The number of hydrogen-bond acceptors (Lipinski definition) is 4. The molecular formula is C14H20N2O3S. The molecule has 2 rings (SSSR count).